The number of hydrogen-bond donors (Lipinski definition) is 0. The van der Waals surface area contributed by atoms with Gasteiger partial charge in [-0.3, -0.25) is 4.79 Å². The standard InChI is InChI=1S/C10H18BrNO/c1-7(10(2,3)4)12-6-5-8(11)9(12)13/h7-8H,5-6H2,1-4H3. The lowest BCUT2D eigenvalue weighted by molar-refractivity contribution is -0.130. The van der Waals surface area contributed by atoms with E-state index in [2.05, 4.69) is 43.6 Å². The van der Waals surface area contributed by atoms with E-state index in [1.54, 1.807) is 0 Å². The Morgan fingerprint density at radius 1 is 1.54 bits per heavy atom. The summed E-state index contributed by atoms with van der Waals surface area (Å²) in [4.78, 5) is 13.7. The van der Waals surface area contributed by atoms with Crippen LogP contribution in [0.2, 0.25) is 0 Å². The van der Waals surface area contributed by atoms with Gasteiger partial charge in [-0.05, 0) is 18.8 Å². The summed E-state index contributed by atoms with van der Waals surface area (Å²) in [7, 11) is 0. The summed E-state index contributed by atoms with van der Waals surface area (Å²) in [5.41, 5.74) is 0.173. The summed E-state index contributed by atoms with van der Waals surface area (Å²) in [5.74, 6) is 0.252. The van der Waals surface area contributed by atoms with Crippen molar-refractivity contribution in [2.45, 2.75) is 45.0 Å². The fraction of sp³-hybridized carbons (Fsp3) is 0.900. The third-order valence-corrected chi connectivity index (χ3v) is 3.74. The number of likely N-dealkylation sites (tertiary alicyclic amines) is 1. The van der Waals surface area contributed by atoms with E-state index in [0.29, 0.717) is 6.04 Å². The molecular weight excluding hydrogens is 230 g/mol. The second-order valence-corrected chi connectivity index (χ2v) is 5.94. The first-order valence-corrected chi connectivity index (χ1v) is 5.70. The molecule has 0 spiro atoms. The van der Waals surface area contributed by atoms with E-state index >= 15 is 0 Å². The molecule has 0 saturated carbocycles. The first kappa shape index (κ1) is 11.0. The van der Waals surface area contributed by atoms with Gasteiger partial charge in [0.2, 0.25) is 5.91 Å². The van der Waals surface area contributed by atoms with Gasteiger partial charge in [-0.15, -0.1) is 0 Å². The van der Waals surface area contributed by atoms with Crippen LogP contribution in [0.1, 0.15) is 34.1 Å². The molecule has 3 heteroatoms. The van der Waals surface area contributed by atoms with E-state index in [0.717, 1.165) is 13.0 Å². The monoisotopic (exact) mass is 247 g/mol. The second kappa shape index (κ2) is 3.60. The molecule has 1 aliphatic rings. The van der Waals surface area contributed by atoms with E-state index in [1.165, 1.54) is 0 Å². The zero-order valence-electron chi connectivity index (χ0n) is 8.80. The van der Waals surface area contributed by atoms with Crippen molar-refractivity contribution in [1.82, 2.24) is 4.90 Å². The van der Waals surface area contributed by atoms with Crippen LogP contribution >= 0.6 is 15.9 Å². The predicted molar refractivity (Wildman–Crippen MR) is 58.0 cm³/mol. The van der Waals surface area contributed by atoms with Crippen molar-refractivity contribution in [2.75, 3.05) is 6.54 Å². The largest absolute Gasteiger partial charge is 0.338 e. The second-order valence-electron chi connectivity index (χ2n) is 4.83. The number of hydrogen-bond acceptors (Lipinski definition) is 1. The van der Waals surface area contributed by atoms with Gasteiger partial charge in [0.1, 0.15) is 0 Å². The topological polar surface area (TPSA) is 20.3 Å². The minimum absolute atomic E-state index is 0.0531. The lowest BCUT2D eigenvalue weighted by atomic mass is 9.87. The highest BCUT2D eigenvalue weighted by atomic mass is 79.9. The maximum Gasteiger partial charge on any atom is 0.236 e. The van der Waals surface area contributed by atoms with Gasteiger partial charge < -0.3 is 4.90 Å². The SMILES string of the molecule is CC(N1CCC(Br)C1=O)C(C)(C)C. The summed E-state index contributed by atoms with van der Waals surface area (Å²) in [6, 6.07) is 0.322. The molecule has 1 heterocycles. The Labute approximate surface area is 88.8 Å². The van der Waals surface area contributed by atoms with Crippen LogP contribution in [-0.2, 0) is 4.79 Å². The smallest absolute Gasteiger partial charge is 0.236 e. The molecule has 0 radical (unpaired) electrons. The van der Waals surface area contributed by atoms with Crippen LogP contribution in [0.5, 0.6) is 0 Å². The van der Waals surface area contributed by atoms with Gasteiger partial charge in [-0.2, -0.15) is 0 Å². The Morgan fingerprint density at radius 3 is 2.38 bits per heavy atom. The van der Waals surface area contributed by atoms with Gasteiger partial charge >= 0.3 is 0 Å². The van der Waals surface area contributed by atoms with Gasteiger partial charge in [0.05, 0.1) is 4.83 Å². The summed E-state index contributed by atoms with van der Waals surface area (Å²) in [5, 5.41) is 0. The average Bonchev–Trinajstić information content (AvgIpc) is 2.30. The molecule has 1 rings (SSSR count). The first-order valence-electron chi connectivity index (χ1n) is 4.78. The number of halogens is 1. The van der Waals surface area contributed by atoms with Crippen LogP contribution < -0.4 is 0 Å². The van der Waals surface area contributed by atoms with Gasteiger partial charge in [-0.1, -0.05) is 36.7 Å². The Hall–Kier alpha value is -0.0500. The number of carbonyl (C=O) groups excluding carboxylic acids is 1. The molecule has 1 fully saturated rings. The Morgan fingerprint density at radius 2 is 2.08 bits per heavy atom. The number of alkyl halides is 1. The lowest BCUT2D eigenvalue weighted by Gasteiger charge is -2.35. The third kappa shape index (κ3) is 2.25. The van der Waals surface area contributed by atoms with Crippen LogP contribution in [0.4, 0.5) is 0 Å². The van der Waals surface area contributed by atoms with Crippen molar-refractivity contribution in [3.8, 4) is 0 Å². The maximum atomic E-state index is 11.7. The van der Waals surface area contributed by atoms with E-state index < -0.39 is 0 Å². The van der Waals surface area contributed by atoms with Crippen LogP contribution in [0.3, 0.4) is 0 Å². The average molecular weight is 248 g/mol. The van der Waals surface area contributed by atoms with E-state index in [9.17, 15) is 4.79 Å². The molecule has 13 heavy (non-hydrogen) atoms. The lowest BCUT2D eigenvalue weighted by Crippen LogP contribution is -2.43. The fourth-order valence-electron chi connectivity index (χ4n) is 1.52. The molecule has 0 aliphatic carbocycles. The molecule has 0 N–H and O–H groups in total. The van der Waals surface area contributed by atoms with Crippen molar-refractivity contribution in [3.05, 3.63) is 0 Å². The summed E-state index contributed by atoms with van der Waals surface area (Å²) in [6.07, 6.45) is 0.944. The van der Waals surface area contributed by atoms with Crippen molar-refractivity contribution >= 4 is 21.8 Å². The molecule has 0 bridgehead atoms. The Bertz CT molecular complexity index is 209. The summed E-state index contributed by atoms with van der Waals surface area (Å²) in [6.45, 7) is 9.54. The molecule has 76 valence electrons. The van der Waals surface area contributed by atoms with Crippen molar-refractivity contribution < 1.29 is 4.79 Å². The van der Waals surface area contributed by atoms with E-state index in [1.807, 2.05) is 4.90 Å². The summed E-state index contributed by atoms with van der Waals surface area (Å²) >= 11 is 3.39. The van der Waals surface area contributed by atoms with Gasteiger partial charge in [0.25, 0.3) is 0 Å². The van der Waals surface area contributed by atoms with Crippen LogP contribution in [0, 0.1) is 5.41 Å². The normalized spacial score (nSPS) is 26.7. The third-order valence-electron chi connectivity index (χ3n) is 2.90. The molecule has 0 aromatic rings. The molecule has 2 atom stereocenters. The molecule has 1 amide bonds. The highest BCUT2D eigenvalue weighted by Crippen LogP contribution is 2.29. The van der Waals surface area contributed by atoms with Crippen molar-refractivity contribution in [1.29, 1.82) is 0 Å². The highest BCUT2D eigenvalue weighted by Gasteiger charge is 2.36. The molecular formula is C10H18BrNO. The van der Waals surface area contributed by atoms with Crippen LogP contribution in [0.25, 0.3) is 0 Å². The molecule has 2 nitrogen and oxygen atoms in total. The maximum absolute atomic E-state index is 11.7. The number of carbonyl (C=O) groups is 1. The first-order chi connectivity index (χ1) is 5.84. The quantitative estimate of drug-likeness (QED) is 0.652. The predicted octanol–water partition coefficient (Wildman–Crippen LogP) is 2.42. The molecule has 0 aromatic heterocycles. The number of nitrogens with zero attached hydrogens (tertiary/aromatic N) is 1. The van der Waals surface area contributed by atoms with Gasteiger partial charge in [0.15, 0.2) is 0 Å². The summed E-state index contributed by atoms with van der Waals surface area (Å²) < 4.78 is 0. The minimum atomic E-state index is 0.0531. The zero-order valence-corrected chi connectivity index (χ0v) is 10.4. The Kier molecular flexibility index (Phi) is 3.05. The van der Waals surface area contributed by atoms with Crippen molar-refractivity contribution in [3.63, 3.8) is 0 Å². The fourth-order valence-corrected chi connectivity index (χ4v) is 1.99. The van der Waals surface area contributed by atoms with Crippen LogP contribution in [0.15, 0.2) is 0 Å². The number of rotatable bonds is 1. The van der Waals surface area contributed by atoms with Crippen LogP contribution in [-0.4, -0.2) is 28.2 Å². The number of amides is 1. The van der Waals surface area contributed by atoms with Crippen molar-refractivity contribution in [2.24, 2.45) is 5.41 Å². The Balaban J connectivity index is 2.69. The van der Waals surface area contributed by atoms with Gasteiger partial charge in [0, 0.05) is 12.6 Å². The molecule has 1 aliphatic heterocycles. The molecule has 1 saturated heterocycles. The van der Waals surface area contributed by atoms with E-state index in [4.69, 9.17) is 0 Å². The van der Waals surface area contributed by atoms with E-state index in [-0.39, 0.29) is 16.1 Å². The minimum Gasteiger partial charge on any atom is -0.338 e. The molecule has 0 aromatic carbocycles. The highest BCUT2D eigenvalue weighted by molar-refractivity contribution is 9.10. The van der Waals surface area contributed by atoms with Gasteiger partial charge in [-0.25, -0.2) is 0 Å². The zero-order chi connectivity index (χ0) is 10.2. The molecule has 2 unspecified atom stereocenters.